The van der Waals surface area contributed by atoms with E-state index in [4.69, 9.17) is 0 Å². The molecule has 0 radical (unpaired) electrons. The predicted molar refractivity (Wildman–Crippen MR) is 116 cm³/mol. The minimum absolute atomic E-state index is 0.111. The van der Waals surface area contributed by atoms with E-state index in [-0.39, 0.29) is 23.6 Å². The number of nitrogens with zero attached hydrogens (tertiary/aromatic N) is 4. The molecule has 2 amide bonds. The number of amides is 2. The van der Waals surface area contributed by atoms with Gasteiger partial charge in [-0.3, -0.25) is 9.59 Å². The molecule has 0 bridgehead atoms. The minimum Gasteiger partial charge on any atom is -0.339 e. The number of piperidine rings is 1. The molecule has 0 N–H and O–H groups in total. The maximum Gasteiger partial charge on any atom is 0.471 e. The second kappa shape index (κ2) is 8.58. The van der Waals surface area contributed by atoms with Crippen LogP contribution in [0.15, 0.2) is 53.1 Å². The van der Waals surface area contributed by atoms with E-state index in [1.807, 2.05) is 29.2 Å². The molecule has 176 valence electrons. The normalized spacial score (nSPS) is 16.6. The molecule has 0 saturated carbocycles. The van der Waals surface area contributed by atoms with Gasteiger partial charge >= 0.3 is 12.1 Å². The first-order valence-electron chi connectivity index (χ1n) is 11.0. The van der Waals surface area contributed by atoms with Gasteiger partial charge in [0.2, 0.25) is 11.7 Å². The number of benzene rings is 2. The summed E-state index contributed by atoms with van der Waals surface area (Å²) in [5, 5.41) is 3.35. The van der Waals surface area contributed by atoms with E-state index < -0.39 is 12.1 Å². The van der Waals surface area contributed by atoms with E-state index in [9.17, 15) is 22.8 Å². The molecular formula is C24H21F3N4O3. The van der Waals surface area contributed by atoms with E-state index in [2.05, 4.69) is 14.7 Å². The van der Waals surface area contributed by atoms with Gasteiger partial charge in [0.25, 0.3) is 5.91 Å². The molecule has 1 fully saturated rings. The van der Waals surface area contributed by atoms with Gasteiger partial charge in [-0.05, 0) is 43.0 Å². The largest absolute Gasteiger partial charge is 0.471 e. The van der Waals surface area contributed by atoms with Gasteiger partial charge < -0.3 is 14.3 Å². The van der Waals surface area contributed by atoms with Crippen LogP contribution in [0.2, 0.25) is 0 Å². The molecule has 5 rings (SSSR count). The van der Waals surface area contributed by atoms with Gasteiger partial charge in [0.1, 0.15) is 0 Å². The van der Waals surface area contributed by atoms with E-state index in [1.165, 1.54) is 29.8 Å². The Morgan fingerprint density at radius 2 is 1.68 bits per heavy atom. The van der Waals surface area contributed by atoms with E-state index >= 15 is 0 Å². The summed E-state index contributed by atoms with van der Waals surface area (Å²) < 4.78 is 42.2. The van der Waals surface area contributed by atoms with Crippen molar-refractivity contribution in [3.05, 3.63) is 65.5 Å². The van der Waals surface area contributed by atoms with Gasteiger partial charge in [-0.1, -0.05) is 35.5 Å². The number of para-hydroxylation sites is 1. The van der Waals surface area contributed by atoms with Crippen LogP contribution in [0.3, 0.4) is 0 Å². The Balaban J connectivity index is 1.20. The zero-order valence-electron chi connectivity index (χ0n) is 18.1. The summed E-state index contributed by atoms with van der Waals surface area (Å²) in [7, 11) is 0. The lowest BCUT2D eigenvalue weighted by Gasteiger charge is -2.33. The first-order valence-corrected chi connectivity index (χ1v) is 11.0. The number of fused-ring (bicyclic) bond motifs is 1. The SMILES string of the molecule is O=C(c1ccc(-c2noc(C(F)(F)F)n2)cc1)N1CCC(C(=O)N2CCc3ccccc32)CC1. The molecule has 2 aliphatic heterocycles. The maximum atomic E-state index is 13.1. The first kappa shape index (κ1) is 22.1. The van der Waals surface area contributed by atoms with Gasteiger partial charge in [-0.25, -0.2) is 0 Å². The summed E-state index contributed by atoms with van der Waals surface area (Å²) in [6.07, 6.45) is -2.68. The van der Waals surface area contributed by atoms with Crippen molar-refractivity contribution in [3.63, 3.8) is 0 Å². The van der Waals surface area contributed by atoms with Crippen LogP contribution in [-0.2, 0) is 17.4 Å². The quantitative estimate of drug-likeness (QED) is 0.573. The fourth-order valence-corrected chi connectivity index (χ4v) is 4.52. The third-order valence-electron chi connectivity index (χ3n) is 6.34. The van der Waals surface area contributed by atoms with Crippen molar-refractivity contribution in [1.82, 2.24) is 15.0 Å². The standard InChI is InChI=1S/C24H21F3N4O3/c25-24(26,27)23-28-20(29-34-23)16-5-7-17(8-6-16)21(32)30-12-9-18(10-13-30)22(33)31-14-11-15-3-1-2-4-19(15)31/h1-8,18H,9-14H2. The van der Waals surface area contributed by atoms with Crippen LogP contribution in [0.4, 0.5) is 18.9 Å². The molecule has 2 aliphatic rings. The number of hydrogen-bond donors (Lipinski definition) is 0. The van der Waals surface area contributed by atoms with Gasteiger partial charge in [-0.2, -0.15) is 18.2 Å². The maximum absolute atomic E-state index is 13.1. The monoisotopic (exact) mass is 470 g/mol. The molecule has 10 heteroatoms. The molecule has 34 heavy (non-hydrogen) atoms. The van der Waals surface area contributed by atoms with Crippen LogP contribution >= 0.6 is 0 Å². The summed E-state index contributed by atoms with van der Waals surface area (Å²) in [5.74, 6) is -1.82. The van der Waals surface area contributed by atoms with Crippen molar-refractivity contribution in [2.24, 2.45) is 5.92 Å². The summed E-state index contributed by atoms with van der Waals surface area (Å²) >= 11 is 0. The zero-order valence-corrected chi connectivity index (χ0v) is 18.1. The third-order valence-corrected chi connectivity index (χ3v) is 6.34. The van der Waals surface area contributed by atoms with E-state index in [0.717, 1.165) is 12.1 Å². The molecule has 0 spiro atoms. The molecule has 0 aliphatic carbocycles. The molecule has 0 unspecified atom stereocenters. The van der Waals surface area contributed by atoms with E-state index in [0.29, 0.717) is 43.6 Å². The summed E-state index contributed by atoms with van der Waals surface area (Å²) in [5.41, 5.74) is 2.88. The molecular weight excluding hydrogens is 449 g/mol. The van der Waals surface area contributed by atoms with Crippen molar-refractivity contribution in [2.75, 3.05) is 24.5 Å². The number of alkyl halides is 3. The average molecular weight is 470 g/mol. The second-order valence-corrected chi connectivity index (χ2v) is 8.43. The van der Waals surface area contributed by atoms with Crippen LogP contribution < -0.4 is 4.90 Å². The van der Waals surface area contributed by atoms with Gasteiger partial charge in [-0.15, -0.1) is 0 Å². The summed E-state index contributed by atoms with van der Waals surface area (Å²) in [6.45, 7) is 1.62. The zero-order chi connectivity index (χ0) is 23.9. The Kier molecular flexibility index (Phi) is 5.59. The molecule has 3 heterocycles. The van der Waals surface area contributed by atoms with Crippen LogP contribution in [0.5, 0.6) is 0 Å². The molecule has 7 nitrogen and oxygen atoms in total. The number of anilines is 1. The lowest BCUT2D eigenvalue weighted by Crippen LogP contribution is -2.44. The molecule has 3 aromatic rings. The Morgan fingerprint density at radius 3 is 2.35 bits per heavy atom. The fourth-order valence-electron chi connectivity index (χ4n) is 4.52. The average Bonchev–Trinajstić information content (AvgIpc) is 3.51. The predicted octanol–water partition coefficient (Wildman–Crippen LogP) is 4.20. The highest BCUT2D eigenvalue weighted by molar-refractivity contribution is 5.98. The van der Waals surface area contributed by atoms with Crippen molar-refractivity contribution in [1.29, 1.82) is 0 Å². The van der Waals surface area contributed by atoms with Crippen LogP contribution in [0.25, 0.3) is 11.4 Å². The Hall–Kier alpha value is -3.69. The Bertz CT molecular complexity index is 1210. The highest BCUT2D eigenvalue weighted by Crippen LogP contribution is 2.32. The van der Waals surface area contributed by atoms with Crippen LogP contribution in [0, 0.1) is 5.92 Å². The lowest BCUT2D eigenvalue weighted by molar-refractivity contribution is -0.159. The highest BCUT2D eigenvalue weighted by Gasteiger charge is 2.38. The Morgan fingerprint density at radius 1 is 0.971 bits per heavy atom. The number of hydrogen-bond acceptors (Lipinski definition) is 5. The number of carbonyl (C=O) groups excluding carboxylic acids is 2. The number of carbonyl (C=O) groups is 2. The second-order valence-electron chi connectivity index (χ2n) is 8.43. The Labute approximate surface area is 193 Å². The van der Waals surface area contributed by atoms with Crippen molar-refractivity contribution >= 4 is 17.5 Å². The number of likely N-dealkylation sites (tertiary alicyclic amines) is 1. The molecule has 1 aromatic heterocycles. The van der Waals surface area contributed by atoms with Gasteiger partial charge in [0.05, 0.1) is 0 Å². The smallest absolute Gasteiger partial charge is 0.339 e. The topological polar surface area (TPSA) is 79.5 Å². The third kappa shape index (κ3) is 4.15. The van der Waals surface area contributed by atoms with Crippen LogP contribution in [0.1, 0.15) is 34.7 Å². The molecule has 0 atom stereocenters. The molecule has 1 saturated heterocycles. The van der Waals surface area contributed by atoms with Crippen molar-refractivity contribution in [3.8, 4) is 11.4 Å². The fraction of sp³-hybridized carbons (Fsp3) is 0.333. The van der Waals surface area contributed by atoms with Crippen LogP contribution in [-0.4, -0.2) is 46.5 Å². The lowest BCUT2D eigenvalue weighted by atomic mass is 9.94. The summed E-state index contributed by atoms with van der Waals surface area (Å²) in [4.78, 5) is 32.9. The van der Waals surface area contributed by atoms with Gasteiger partial charge in [0.15, 0.2) is 0 Å². The first-order chi connectivity index (χ1) is 16.3. The van der Waals surface area contributed by atoms with Crippen molar-refractivity contribution in [2.45, 2.75) is 25.4 Å². The molecule has 2 aromatic carbocycles. The highest BCUT2D eigenvalue weighted by atomic mass is 19.4. The number of rotatable bonds is 3. The number of aromatic nitrogens is 2. The minimum atomic E-state index is -4.72. The number of halogens is 3. The van der Waals surface area contributed by atoms with Gasteiger partial charge in [0, 0.05) is 42.4 Å². The van der Waals surface area contributed by atoms with Crippen molar-refractivity contribution < 1.29 is 27.3 Å². The van der Waals surface area contributed by atoms with E-state index in [1.54, 1.807) is 4.90 Å². The summed E-state index contributed by atoms with van der Waals surface area (Å²) in [6, 6.07) is 14.0.